The first-order valence-corrected chi connectivity index (χ1v) is 14.2. The number of nitrogens with one attached hydrogen (secondary N) is 1. The Bertz CT molecular complexity index is 1860. The van der Waals surface area contributed by atoms with Gasteiger partial charge in [0.25, 0.3) is 5.56 Å². The lowest BCUT2D eigenvalue weighted by molar-refractivity contribution is -0.192. The van der Waals surface area contributed by atoms with Crippen LogP contribution in [0.1, 0.15) is 43.5 Å². The van der Waals surface area contributed by atoms with Gasteiger partial charge in [0.05, 0.1) is 29.3 Å². The number of carboxylic acids is 1. The van der Waals surface area contributed by atoms with E-state index in [1.807, 2.05) is 0 Å². The van der Waals surface area contributed by atoms with Gasteiger partial charge in [-0.3, -0.25) is 19.1 Å². The normalized spacial score (nSPS) is 16.8. The third-order valence-corrected chi connectivity index (χ3v) is 7.45. The van der Waals surface area contributed by atoms with E-state index in [9.17, 15) is 40.3 Å². The van der Waals surface area contributed by atoms with Crippen LogP contribution in [0.25, 0.3) is 22.4 Å². The SMILES string of the molecule is C[C@@H]1CCC[C@H](n2cnc(-c3cc(Cl)ccc3C(F)(F)F)cc2=O)c2cc(ccn2)-c2cc(F)ccc2NC1=O.O=C(O)C(F)(F)F. The number of aromatic nitrogens is 3. The number of rotatable bonds is 2. The van der Waals surface area contributed by atoms with Crippen molar-refractivity contribution < 1.29 is 45.4 Å². The number of carbonyl (C=O) groups excluding carboxylic acids is 1. The zero-order chi connectivity index (χ0) is 34.7. The number of amides is 1. The molecule has 0 aliphatic carbocycles. The Kier molecular flexibility index (Phi) is 10.4. The van der Waals surface area contributed by atoms with Crippen LogP contribution < -0.4 is 10.9 Å². The molecule has 0 saturated heterocycles. The number of pyridine rings is 1. The molecule has 47 heavy (non-hydrogen) atoms. The number of alkyl halides is 6. The molecule has 16 heteroatoms. The maximum absolute atomic E-state index is 14.2. The number of fused-ring (bicyclic) bond motifs is 4. The van der Waals surface area contributed by atoms with Crippen LogP contribution >= 0.6 is 11.6 Å². The van der Waals surface area contributed by atoms with Crippen molar-refractivity contribution in [1.82, 2.24) is 14.5 Å². The number of carbonyl (C=O) groups is 2. The predicted octanol–water partition coefficient (Wildman–Crippen LogP) is 7.76. The van der Waals surface area contributed by atoms with Crippen molar-refractivity contribution >= 4 is 29.2 Å². The molecular formula is C31H24ClF7N4O4. The maximum Gasteiger partial charge on any atom is 0.490 e. The molecule has 8 nitrogen and oxygen atoms in total. The predicted molar refractivity (Wildman–Crippen MR) is 157 cm³/mol. The van der Waals surface area contributed by atoms with Crippen LogP contribution in [0.2, 0.25) is 5.02 Å². The van der Waals surface area contributed by atoms with Crippen molar-refractivity contribution in [2.75, 3.05) is 5.32 Å². The Hall–Kier alpha value is -4.79. The van der Waals surface area contributed by atoms with Crippen molar-refractivity contribution in [2.24, 2.45) is 5.92 Å². The van der Waals surface area contributed by atoms with E-state index in [1.165, 1.54) is 35.3 Å². The van der Waals surface area contributed by atoms with Crippen LogP contribution in [0.5, 0.6) is 0 Å². The fourth-order valence-corrected chi connectivity index (χ4v) is 5.04. The third kappa shape index (κ3) is 8.52. The van der Waals surface area contributed by atoms with E-state index in [0.29, 0.717) is 41.8 Å². The van der Waals surface area contributed by atoms with Crippen LogP contribution in [0.4, 0.5) is 36.4 Å². The number of anilines is 1. The summed E-state index contributed by atoms with van der Waals surface area (Å²) in [5, 5.41) is 10.1. The average Bonchev–Trinajstić information content (AvgIpc) is 2.99. The standard InChI is InChI=1S/C29H23ClF4N4O2.C2HF3O2/c1-16-3-2-4-26(25-11-17(9-10-35-25)20-13-19(31)6-8-23(20)37-28(16)40)38-15-36-24(14-27(38)39)21-12-18(30)5-7-22(21)29(32,33)34;3-2(4,5)1(6)7/h5-16,26H,2-4H2,1H3,(H,37,40);(H,6,7)/t16-,26+;/m1./s1. The van der Waals surface area contributed by atoms with Crippen LogP contribution in [0.15, 0.2) is 71.9 Å². The molecule has 1 aliphatic rings. The molecule has 5 rings (SSSR count). The molecule has 1 amide bonds. The molecule has 2 bridgehead atoms. The van der Waals surface area contributed by atoms with Gasteiger partial charge in [-0.05, 0) is 66.9 Å². The summed E-state index contributed by atoms with van der Waals surface area (Å²) in [5.74, 6) is -3.83. The van der Waals surface area contributed by atoms with E-state index >= 15 is 0 Å². The highest BCUT2D eigenvalue weighted by Gasteiger charge is 2.38. The molecule has 2 atom stereocenters. The summed E-state index contributed by atoms with van der Waals surface area (Å²) in [7, 11) is 0. The second-order valence-electron chi connectivity index (χ2n) is 10.5. The Morgan fingerprint density at radius 1 is 0.957 bits per heavy atom. The van der Waals surface area contributed by atoms with Crippen LogP contribution in [-0.4, -0.2) is 37.7 Å². The van der Waals surface area contributed by atoms with Crippen LogP contribution in [0.3, 0.4) is 0 Å². The summed E-state index contributed by atoms with van der Waals surface area (Å²) in [4.78, 5) is 43.8. The highest BCUT2D eigenvalue weighted by atomic mass is 35.5. The Labute approximate surface area is 266 Å². The largest absolute Gasteiger partial charge is 0.490 e. The van der Waals surface area contributed by atoms with Gasteiger partial charge in [-0.25, -0.2) is 14.2 Å². The van der Waals surface area contributed by atoms with Crippen molar-refractivity contribution in [2.45, 2.75) is 44.6 Å². The van der Waals surface area contributed by atoms with Gasteiger partial charge in [0.2, 0.25) is 5.91 Å². The molecule has 2 aromatic carbocycles. The van der Waals surface area contributed by atoms with Gasteiger partial charge in [0.1, 0.15) is 5.82 Å². The van der Waals surface area contributed by atoms with E-state index in [2.05, 4.69) is 15.3 Å². The van der Waals surface area contributed by atoms with Crippen molar-refractivity contribution in [3.8, 4) is 22.4 Å². The Morgan fingerprint density at radius 3 is 2.30 bits per heavy atom. The molecule has 0 radical (unpaired) electrons. The number of halogens is 8. The summed E-state index contributed by atoms with van der Waals surface area (Å²) >= 11 is 5.96. The zero-order valence-electron chi connectivity index (χ0n) is 24.2. The fraction of sp³-hybridized carbons (Fsp3) is 0.258. The summed E-state index contributed by atoms with van der Waals surface area (Å²) in [6, 6.07) is 11.0. The van der Waals surface area contributed by atoms with Gasteiger partial charge in [0, 0.05) is 40.0 Å². The minimum atomic E-state index is -5.08. The average molecular weight is 685 g/mol. The monoisotopic (exact) mass is 684 g/mol. The minimum Gasteiger partial charge on any atom is -0.475 e. The van der Waals surface area contributed by atoms with Crippen LogP contribution in [0, 0.1) is 11.7 Å². The second kappa shape index (κ2) is 13.9. The highest BCUT2D eigenvalue weighted by Crippen LogP contribution is 2.38. The molecular weight excluding hydrogens is 661 g/mol. The van der Waals surface area contributed by atoms with E-state index in [0.717, 1.165) is 24.3 Å². The number of nitrogens with zero attached hydrogens (tertiary/aromatic N) is 3. The molecule has 4 aromatic rings. The molecule has 1 aliphatic heterocycles. The van der Waals surface area contributed by atoms with E-state index < -0.39 is 41.3 Å². The first-order valence-electron chi connectivity index (χ1n) is 13.8. The third-order valence-electron chi connectivity index (χ3n) is 7.21. The number of carboxylic acid groups (broad SMARTS) is 1. The van der Waals surface area contributed by atoms with E-state index in [1.54, 1.807) is 19.1 Å². The van der Waals surface area contributed by atoms with Gasteiger partial charge >= 0.3 is 18.3 Å². The lowest BCUT2D eigenvalue weighted by atomic mass is 9.95. The summed E-state index contributed by atoms with van der Waals surface area (Å²) in [6.07, 6.45) is -5.59. The smallest absolute Gasteiger partial charge is 0.475 e. The highest BCUT2D eigenvalue weighted by molar-refractivity contribution is 6.30. The molecule has 0 spiro atoms. The Morgan fingerprint density at radius 2 is 1.66 bits per heavy atom. The molecule has 2 aromatic heterocycles. The topological polar surface area (TPSA) is 114 Å². The number of hydrogen-bond acceptors (Lipinski definition) is 5. The molecule has 0 saturated carbocycles. The van der Waals surface area contributed by atoms with Crippen molar-refractivity contribution in [3.63, 3.8) is 0 Å². The molecule has 0 unspecified atom stereocenters. The lowest BCUT2D eigenvalue weighted by Crippen LogP contribution is -2.27. The number of aliphatic carboxylic acids is 1. The molecule has 3 heterocycles. The summed E-state index contributed by atoms with van der Waals surface area (Å²) in [6.45, 7) is 1.78. The first kappa shape index (κ1) is 35.1. The maximum atomic E-state index is 14.2. The Balaban J connectivity index is 0.000000644. The van der Waals surface area contributed by atoms with Gasteiger partial charge < -0.3 is 10.4 Å². The van der Waals surface area contributed by atoms with Gasteiger partial charge in [-0.15, -0.1) is 0 Å². The number of hydrogen-bond donors (Lipinski definition) is 2. The van der Waals surface area contributed by atoms with E-state index in [4.69, 9.17) is 21.5 Å². The van der Waals surface area contributed by atoms with Gasteiger partial charge in [-0.2, -0.15) is 26.3 Å². The quantitative estimate of drug-likeness (QED) is 0.209. The first-order chi connectivity index (χ1) is 22.0. The lowest BCUT2D eigenvalue weighted by Gasteiger charge is -2.23. The van der Waals surface area contributed by atoms with Crippen molar-refractivity contribution in [3.05, 3.63) is 99.6 Å². The fourth-order valence-electron chi connectivity index (χ4n) is 4.86. The molecule has 2 N–H and O–H groups in total. The van der Waals surface area contributed by atoms with E-state index in [-0.39, 0.29) is 28.1 Å². The van der Waals surface area contributed by atoms with Gasteiger partial charge in [-0.1, -0.05) is 24.9 Å². The van der Waals surface area contributed by atoms with Gasteiger partial charge in [0.15, 0.2) is 0 Å². The van der Waals surface area contributed by atoms with Crippen molar-refractivity contribution in [1.29, 1.82) is 0 Å². The molecule has 248 valence electrons. The minimum absolute atomic E-state index is 0.0733. The second-order valence-corrected chi connectivity index (χ2v) is 10.9. The summed E-state index contributed by atoms with van der Waals surface area (Å²) in [5.41, 5.74) is -0.0587. The summed E-state index contributed by atoms with van der Waals surface area (Å²) < 4.78 is 88.2. The number of benzene rings is 2. The molecule has 0 fully saturated rings. The van der Waals surface area contributed by atoms with Crippen LogP contribution in [-0.2, 0) is 15.8 Å². The zero-order valence-corrected chi connectivity index (χ0v) is 24.9.